The molecule has 0 atom stereocenters. The SMILES string of the molecule is CNC(=O)c1ccc(NC2CCN(C(=O)OCc3ccccc3)CC2)cc1.[Cl-].[H+]. The normalized spacial score (nSPS) is 14.0. The van der Waals surface area contributed by atoms with Gasteiger partial charge in [-0.2, -0.15) is 0 Å². The van der Waals surface area contributed by atoms with E-state index in [4.69, 9.17) is 4.74 Å². The van der Waals surface area contributed by atoms with Gasteiger partial charge < -0.3 is 32.7 Å². The van der Waals surface area contributed by atoms with Crippen molar-refractivity contribution in [2.75, 3.05) is 25.5 Å². The Morgan fingerprint density at radius 1 is 1.07 bits per heavy atom. The van der Waals surface area contributed by atoms with Gasteiger partial charge in [0.2, 0.25) is 0 Å². The molecule has 0 spiro atoms. The molecule has 0 radical (unpaired) electrons. The molecule has 150 valence electrons. The molecule has 1 heterocycles. The molecule has 6 nitrogen and oxygen atoms in total. The number of likely N-dealkylation sites (tertiary alicyclic amines) is 1. The van der Waals surface area contributed by atoms with Crippen molar-refractivity contribution in [3.8, 4) is 0 Å². The van der Waals surface area contributed by atoms with Crippen LogP contribution in [0.3, 0.4) is 0 Å². The second-order valence-corrected chi connectivity index (χ2v) is 6.60. The maximum absolute atomic E-state index is 12.2. The van der Waals surface area contributed by atoms with Crippen molar-refractivity contribution in [1.82, 2.24) is 10.2 Å². The zero-order valence-corrected chi connectivity index (χ0v) is 16.6. The highest BCUT2D eigenvalue weighted by molar-refractivity contribution is 5.94. The fourth-order valence-electron chi connectivity index (χ4n) is 3.11. The van der Waals surface area contributed by atoms with Crippen LogP contribution >= 0.6 is 0 Å². The average molecular weight is 404 g/mol. The van der Waals surface area contributed by atoms with Crippen molar-refractivity contribution in [2.45, 2.75) is 25.5 Å². The summed E-state index contributed by atoms with van der Waals surface area (Å²) in [6.45, 7) is 1.64. The topological polar surface area (TPSA) is 70.7 Å². The Balaban J connectivity index is 0.00000210. The monoisotopic (exact) mass is 403 g/mol. The number of halogens is 1. The molecular weight excluding hydrogens is 378 g/mol. The van der Waals surface area contributed by atoms with Crippen molar-refractivity contribution >= 4 is 17.7 Å². The van der Waals surface area contributed by atoms with Crippen molar-refractivity contribution in [3.63, 3.8) is 0 Å². The lowest BCUT2D eigenvalue weighted by Crippen LogP contribution is -3.00. The number of amides is 2. The maximum Gasteiger partial charge on any atom is 1.00 e. The number of nitrogens with zero attached hydrogens (tertiary/aromatic N) is 1. The van der Waals surface area contributed by atoms with Gasteiger partial charge in [0.15, 0.2) is 0 Å². The van der Waals surface area contributed by atoms with E-state index in [2.05, 4.69) is 10.6 Å². The Hall–Kier alpha value is -2.73. The molecular formula is C21H26ClN3O3. The summed E-state index contributed by atoms with van der Waals surface area (Å²) >= 11 is 0. The van der Waals surface area contributed by atoms with E-state index in [1.165, 1.54) is 0 Å². The highest BCUT2D eigenvalue weighted by Gasteiger charge is 2.23. The summed E-state index contributed by atoms with van der Waals surface area (Å²) in [7, 11) is 1.62. The molecule has 1 saturated heterocycles. The Bertz CT molecular complexity index is 767. The standard InChI is InChI=1S/C21H25N3O3.ClH/c1-22-20(25)17-7-9-18(10-8-17)23-19-11-13-24(14-12-19)21(26)27-15-16-5-3-2-4-6-16;/h2-10,19,23H,11-15H2,1H3,(H,22,25);1H. The number of hydrogen-bond acceptors (Lipinski definition) is 4. The zero-order chi connectivity index (χ0) is 19.1. The number of nitrogens with one attached hydrogen (secondary N) is 2. The van der Waals surface area contributed by atoms with Gasteiger partial charge in [0.05, 0.1) is 0 Å². The van der Waals surface area contributed by atoms with Crippen LogP contribution in [0.4, 0.5) is 10.5 Å². The second-order valence-electron chi connectivity index (χ2n) is 6.60. The lowest BCUT2D eigenvalue weighted by Gasteiger charge is -2.32. The lowest BCUT2D eigenvalue weighted by molar-refractivity contribution is -0.0000215. The summed E-state index contributed by atoms with van der Waals surface area (Å²) in [5.41, 5.74) is 2.61. The smallest absolute Gasteiger partial charge is 1.00 e. The van der Waals surface area contributed by atoms with Crippen LogP contribution < -0.4 is 23.0 Å². The molecule has 0 bridgehead atoms. The molecule has 2 N–H and O–H groups in total. The molecule has 0 saturated carbocycles. The summed E-state index contributed by atoms with van der Waals surface area (Å²) < 4.78 is 5.40. The van der Waals surface area contributed by atoms with Gasteiger partial charge in [-0.25, -0.2) is 4.79 Å². The predicted octanol–water partition coefficient (Wildman–Crippen LogP) is 0.376. The molecule has 0 aromatic heterocycles. The molecule has 0 unspecified atom stereocenters. The first kappa shape index (κ1) is 21.6. The van der Waals surface area contributed by atoms with Gasteiger partial charge >= 0.3 is 7.52 Å². The number of ether oxygens (including phenoxy) is 1. The van der Waals surface area contributed by atoms with E-state index in [9.17, 15) is 9.59 Å². The second kappa shape index (κ2) is 10.6. The van der Waals surface area contributed by atoms with E-state index in [0.29, 0.717) is 31.3 Å². The Morgan fingerprint density at radius 3 is 2.32 bits per heavy atom. The minimum absolute atomic E-state index is 0. The first-order valence-corrected chi connectivity index (χ1v) is 9.20. The van der Waals surface area contributed by atoms with Gasteiger partial charge in [-0.1, -0.05) is 30.3 Å². The Labute approximate surface area is 173 Å². The minimum Gasteiger partial charge on any atom is -1.00 e. The number of hydrogen-bond donors (Lipinski definition) is 2. The van der Waals surface area contributed by atoms with Crippen LogP contribution in [0, 0.1) is 0 Å². The van der Waals surface area contributed by atoms with Gasteiger partial charge in [0.1, 0.15) is 6.61 Å². The first-order chi connectivity index (χ1) is 13.2. The molecule has 28 heavy (non-hydrogen) atoms. The highest BCUT2D eigenvalue weighted by Crippen LogP contribution is 2.18. The number of piperidine rings is 1. The van der Waals surface area contributed by atoms with Gasteiger partial charge in [-0.15, -0.1) is 0 Å². The molecule has 1 aliphatic heterocycles. The summed E-state index contributed by atoms with van der Waals surface area (Å²) in [6.07, 6.45) is 1.46. The van der Waals surface area contributed by atoms with E-state index in [1.54, 1.807) is 24.1 Å². The zero-order valence-electron chi connectivity index (χ0n) is 16.9. The molecule has 1 fully saturated rings. The number of benzene rings is 2. The van der Waals surface area contributed by atoms with Crippen LogP contribution in [0.2, 0.25) is 0 Å². The van der Waals surface area contributed by atoms with Gasteiger partial charge in [0, 0.05) is 37.4 Å². The summed E-state index contributed by atoms with van der Waals surface area (Å²) in [4.78, 5) is 25.5. The first-order valence-electron chi connectivity index (χ1n) is 9.20. The van der Waals surface area contributed by atoms with Crippen LogP contribution in [0.1, 0.15) is 30.2 Å². The van der Waals surface area contributed by atoms with Crippen LogP contribution in [-0.2, 0) is 11.3 Å². The van der Waals surface area contributed by atoms with E-state index in [-0.39, 0.29) is 25.8 Å². The van der Waals surface area contributed by atoms with Gasteiger partial charge in [0.25, 0.3) is 5.91 Å². The van der Waals surface area contributed by atoms with Crippen molar-refractivity contribution in [3.05, 3.63) is 65.7 Å². The molecule has 1 aliphatic rings. The Kier molecular flexibility index (Phi) is 8.14. The quantitative estimate of drug-likeness (QED) is 0.757. The highest BCUT2D eigenvalue weighted by atomic mass is 35.5. The third kappa shape index (κ3) is 5.89. The van der Waals surface area contributed by atoms with Crippen LogP contribution in [0.15, 0.2) is 54.6 Å². The third-order valence-electron chi connectivity index (χ3n) is 4.70. The molecule has 2 amide bonds. The van der Waals surface area contributed by atoms with Gasteiger partial charge in [-0.3, -0.25) is 4.79 Å². The van der Waals surface area contributed by atoms with E-state index < -0.39 is 0 Å². The minimum atomic E-state index is -0.257. The largest absolute Gasteiger partial charge is 1.00 e. The molecule has 3 rings (SSSR count). The maximum atomic E-state index is 12.2. The molecule has 2 aromatic carbocycles. The number of anilines is 1. The third-order valence-corrected chi connectivity index (χ3v) is 4.70. The van der Waals surface area contributed by atoms with Crippen LogP contribution in [-0.4, -0.2) is 43.1 Å². The summed E-state index contributed by atoms with van der Waals surface area (Å²) in [5.74, 6) is -0.0936. The average Bonchev–Trinajstić information content (AvgIpc) is 2.73. The Morgan fingerprint density at radius 2 is 1.71 bits per heavy atom. The van der Waals surface area contributed by atoms with E-state index in [0.717, 1.165) is 24.1 Å². The number of rotatable bonds is 5. The number of carbonyl (C=O) groups is 2. The van der Waals surface area contributed by atoms with Crippen LogP contribution in [0.25, 0.3) is 0 Å². The van der Waals surface area contributed by atoms with Crippen molar-refractivity contribution in [2.24, 2.45) is 0 Å². The molecule has 0 aliphatic carbocycles. The van der Waals surface area contributed by atoms with Crippen LogP contribution in [0.5, 0.6) is 0 Å². The van der Waals surface area contributed by atoms with Gasteiger partial charge in [-0.05, 0) is 42.7 Å². The molecule has 2 aromatic rings. The van der Waals surface area contributed by atoms with Crippen molar-refractivity contribution < 1.29 is 28.2 Å². The van der Waals surface area contributed by atoms with Crippen molar-refractivity contribution in [1.29, 1.82) is 0 Å². The lowest BCUT2D eigenvalue weighted by atomic mass is 10.0. The fraction of sp³-hybridized carbons (Fsp3) is 0.333. The summed E-state index contributed by atoms with van der Waals surface area (Å²) in [6, 6.07) is 17.4. The van der Waals surface area contributed by atoms with E-state index in [1.807, 2.05) is 42.5 Å². The van der Waals surface area contributed by atoms with E-state index >= 15 is 0 Å². The predicted molar refractivity (Wildman–Crippen MR) is 106 cm³/mol. The summed E-state index contributed by atoms with van der Waals surface area (Å²) in [5, 5.41) is 6.08. The fourth-order valence-corrected chi connectivity index (χ4v) is 3.11. The molecule has 7 heteroatoms. The number of carbonyl (C=O) groups excluding carboxylic acids is 2.